The molecule has 1 aromatic heterocycles. The first-order valence-electron chi connectivity index (χ1n) is 8.91. The molecule has 0 aliphatic carbocycles. The lowest BCUT2D eigenvalue weighted by Crippen LogP contribution is -2.25. The first-order chi connectivity index (χ1) is 14.4. The molecule has 3 aromatic rings. The van der Waals surface area contributed by atoms with Gasteiger partial charge in [-0.2, -0.15) is 13.2 Å². The highest BCUT2D eigenvalue weighted by Crippen LogP contribution is 2.34. The molecule has 0 spiro atoms. The van der Waals surface area contributed by atoms with E-state index in [1.165, 1.54) is 66.1 Å². The van der Waals surface area contributed by atoms with Crippen molar-refractivity contribution in [1.29, 1.82) is 0 Å². The quantitative estimate of drug-likeness (QED) is 0.313. The van der Waals surface area contributed by atoms with Crippen molar-refractivity contribution in [2.45, 2.75) is 18.0 Å². The van der Waals surface area contributed by atoms with Crippen molar-refractivity contribution in [3.8, 4) is 16.9 Å². The van der Waals surface area contributed by atoms with Crippen molar-refractivity contribution in [1.82, 2.24) is 4.57 Å². The van der Waals surface area contributed by atoms with Gasteiger partial charge in [0.1, 0.15) is 12.9 Å². The molecular weight excluding hydrogens is 436 g/mol. The van der Waals surface area contributed by atoms with E-state index in [-0.39, 0.29) is 16.2 Å². The summed E-state index contributed by atoms with van der Waals surface area (Å²) in [6.07, 6.45) is -3.73. The zero-order chi connectivity index (χ0) is 23.0. The summed E-state index contributed by atoms with van der Waals surface area (Å²) < 4.78 is 79.3. The molecule has 31 heavy (non-hydrogen) atoms. The Kier molecular flexibility index (Phi) is 5.95. The minimum absolute atomic E-state index is 0.0741. The number of hydrogen-bond acceptors (Lipinski definition) is 4. The topological polar surface area (TPSA) is 60.7 Å². The van der Waals surface area contributed by atoms with Crippen LogP contribution in [0.4, 0.5) is 17.6 Å². The highest BCUT2D eigenvalue weighted by molar-refractivity contribution is 7.90. The van der Waals surface area contributed by atoms with Gasteiger partial charge in [-0.05, 0) is 55.0 Å². The third-order valence-electron chi connectivity index (χ3n) is 4.62. The van der Waals surface area contributed by atoms with Gasteiger partial charge in [0.15, 0.2) is 15.5 Å². The largest absolute Gasteiger partial charge is 0.437 e. The zero-order valence-corrected chi connectivity index (χ0v) is 17.6. The first kappa shape index (κ1) is 22.5. The van der Waals surface area contributed by atoms with Crippen LogP contribution in [0.15, 0.2) is 64.6 Å². The Balaban J connectivity index is 2.29. The molecule has 0 atom stereocenters. The molecule has 1 heterocycles. The van der Waals surface area contributed by atoms with Crippen molar-refractivity contribution in [3.63, 3.8) is 0 Å². The summed E-state index contributed by atoms with van der Waals surface area (Å²) in [5.41, 5.74) is -0.0198. The Bertz CT molecular complexity index is 1230. The summed E-state index contributed by atoms with van der Waals surface area (Å²) in [5, 5.41) is 3.17. The third-order valence-corrected chi connectivity index (χ3v) is 5.74. The minimum Gasteiger partial charge on any atom is -0.399 e. The van der Waals surface area contributed by atoms with Crippen molar-refractivity contribution >= 4 is 15.5 Å². The number of oxime groups is 1. The number of nitrogens with zero attached hydrogens (tertiary/aromatic N) is 2. The molecule has 0 radical (unpaired) electrons. The molecule has 5 nitrogen and oxygen atoms in total. The summed E-state index contributed by atoms with van der Waals surface area (Å²) in [6.45, 7) is 1.48. The second kappa shape index (κ2) is 8.18. The fourth-order valence-corrected chi connectivity index (χ4v) is 3.83. The average molecular weight is 454 g/mol. The lowest BCUT2D eigenvalue weighted by Gasteiger charge is -2.13. The molecule has 0 saturated heterocycles. The second-order valence-electron chi connectivity index (χ2n) is 6.76. The van der Waals surface area contributed by atoms with Gasteiger partial charge in [-0.3, -0.25) is 0 Å². The maximum absolute atomic E-state index is 13.6. The van der Waals surface area contributed by atoms with E-state index >= 15 is 0 Å². The maximum atomic E-state index is 13.6. The Morgan fingerprint density at radius 2 is 1.61 bits per heavy atom. The Morgan fingerprint density at radius 3 is 2.10 bits per heavy atom. The van der Waals surface area contributed by atoms with E-state index in [0.29, 0.717) is 16.9 Å². The van der Waals surface area contributed by atoms with E-state index < -0.39 is 27.5 Å². The molecule has 3 rings (SSSR count). The molecule has 164 valence electrons. The smallest absolute Gasteiger partial charge is 0.399 e. The van der Waals surface area contributed by atoms with E-state index in [9.17, 15) is 26.0 Å². The van der Waals surface area contributed by atoms with Gasteiger partial charge in [0.2, 0.25) is 0 Å². The number of sulfone groups is 1. The molecule has 0 aliphatic heterocycles. The van der Waals surface area contributed by atoms with Gasteiger partial charge in [0.05, 0.1) is 10.6 Å². The minimum atomic E-state index is -4.78. The van der Waals surface area contributed by atoms with Crippen molar-refractivity contribution in [2.24, 2.45) is 5.16 Å². The SMILES string of the molecule is CO/N=C(\c1cc(-c2ccc(S(C)(=O)=O)cc2)n(-c2ccc(F)cc2)c1C)C(F)(F)F. The molecule has 0 saturated carbocycles. The van der Waals surface area contributed by atoms with Crippen LogP contribution in [0.1, 0.15) is 11.3 Å². The van der Waals surface area contributed by atoms with E-state index in [2.05, 4.69) is 9.99 Å². The number of hydrogen-bond donors (Lipinski definition) is 0. The molecule has 0 fully saturated rings. The van der Waals surface area contributed by atoms with Crippen molar-refractivity contribution in [3.05, 3.63) is 71.7 Å². The monoisotopic (exact) mass is 454 g/mol. The first-order valence-corrected chi connectivity index (χ1v) is 10.8. The molecule has 0 aliphatic rings. The highest BCUT2D eigenvalue weighted by atomic mass is 32.2. The highest BCUT2D eigenvalue weighted by Gasteiger charge is 2.40. The van der Waals surface area contributed by atoms with Gasteiger partial charge in [-0.15, -0.1) is 0 Å². The molecule has 0 amide bonds. The number of alkyl halides is 3. The maximum Gasteiger partial charge on any atom is 0.437 e. The van der Waals surface area contributed by atoms with Crippen LogP contribution in [0, 0.1) is 12.7 Å². The van der Waals surface area contributed by atoms with Crippen LogP contribution in [0.2, 0.25) is 0 Å². The van der Waals surface area contributed by atoms with Crippen molar-refractivity contribution in [2.75, 3.05) is 13.4 Å². The van der Waals surface area contributed by atoms with Crippen LogP contribution >= 0.6 is 0 Å². The summed E-state index contributed by atoms with van der Waals surface area (Å²) in [7, 11) is -2.43. The fourth-order valence-electron chi connectivity index (χ4n) is 3.20. The standard InChI is InChI=1S/C21H18F4N2O3S/c1-13-18(20(26-30-2)21(23,24)25)12-19(27(13)16-8-6-15(22)7-9-16)14-4-10-17(11-5-14)31(3,28)29/h4-12H,1-3H3/b26-20+. The Hall–Kier alpha value is -3.14. The van der Waals surface area contributed by atoms with E-state index in [1.54, 1.807) is 0 Å². The molecule has 0 N–H and O–H groups in total. The average Bonchev–Trinajstić information content (AvgIpc) is 3.02. The van der Waals surface area contributed by atoms with Gasteiger partial charge >= 0.3 is 6.18 Å². The predicted molar refractivity (Wildman–Crippen MR) is 109 cm³/mol. The Morgan fingerprint density at radius 1 is 1.03 bits per heavy atom. The van der Waals surface area contributed by atoms with E-state index in [1.807, 2.05) is 0 Å². The Labute approximate surface area is 176 Å². The normalized spacial score (nSPS) is 12.8. The van der Waals surface area contributed by atoms with Gasteiger partial charge in [-0.1, -0.05) is 17.3 Å². The number of aromatic nitrogens is 1. The summed E-state index contributed by atoms with van der Waals surface area (Å²) in [4.78, 5) is 4.49. The van der Waals surface area contributed by atoms with E-state index in [0.717, 1.165) is 13.4 Å². The number of halogens is 4. The molecule has 2 aromatic carbocycles. The molecule has 10 heteroatoms. The summed E-state index contributed by atoms with van der Waals surface area (Å²) in [5.74, 6) is -0.496. The molecule has 0 bridgehead atoms. The van der Waals surface area contributed by atoms with Gasteiger partial charge < -0.3 is 9.40 Å². The van der Waals surface area contributed by atoms with Crippen LogP contribution in [0.3, 0.4) is 0 Å². The zero-order valence-electron chi connectivity index (χ0n) is 16.7. The predicted octanol–water partition coefficient (Wildman–Crippen LogP) is 4.91. The van der Waals surface area contributed by atoms with Gasteiger partial charge in [-0.25, -0.2) is 12.8 Å². The lowest BCUT2D eigenvalue weighted by atomic mass is 10.1. The third kappa shape index (κ3) is 4.63. The lowest BCUT2D eigenvalue weighted by molar-refractivity contribution is -0.0608. The fraction of sp³-hybridized carbons (Fsp3) is 0.190. The van der Waals surface area contributed by atoms with Crippen LogP contribution in [0.25, 0.3) is 16.9 Å². The molecular formula is C21H18F4N2O3S. The van der Waals surface area contributed by atoms with Crippen LogP contribution in [0.5, 0.6) is 0 Å². The second-order valence-corrected chi connectivity index (χ2v) is 8.77. The van der Waals surface area contributed by atoms with Crippen LogP contribution < -0.4 is 0 Å². The van der Waals surface area contributed by atoms with Gasteiger partial charge in [0.25, 0.3) is 0 Å². The molecule has 0 unspecified atom stereocenters. The van der Waals surface area contributed by atoms with Crippen LogP contribution in [-0.4, -0.2) is 38.2 Å². The summed E-state index contributed by atoms with van der Waals surface area (Å²) in [6, 6.07) is 12.3. The number of rotatable bonds is 5. The number of benzene rings is 2. The van der Waals surface area contributed by atoms with E-state index in [4.69, 9.17) is 0 Å². The van der Waals surface area contributed by atoms with Gasteiger partial charge in [0, 0.05) is 23.2 Å². The summed E-state index contributed by atoms with van der Waals surface area (Å²) >= 11 is 0. The van der Waals surface area contributed by atoms with Crippen molar-refractivity contribution < 1.29 is 30.8 Å². The van der Waals surface area contributed by atoms with Crippen LogP contribution in [-0.2, 0) is 14.7 Å².